The van der Waals surface area contributed by atoms with Crippen LogP contribution in [0.25, 0.3) is 0 Å². The van der Waals surface area contributed by atoms with Gasteiger partial charge in [-0.3, -0.25) is 4.79 Å². The number of ether oxygens (including phenoxy) is 1. The lowest BCUT2D eigenvalue weighted by Crippen LogP contribution is -2.29. The van der Waals surface area contributed by atoms with Crippen molar-refractivity contribution >= 4 is 5.91 Å². The van der Waals surface area contributed by atoms with Gasteiger partial charge in [0, 0.05) is 6.54 Å². The van der Waals surface area contributed by atoms with Gasteiger partial charge in [0.05, 0.1) is 0 Å². The number of amides is 1. The summed E-state index contributed by atoms with van der Waals surface area (Å²) in [7, 11) is 0. The molecule has 0 aliphatic carbocycles. The minimum Gasteiger partial charge on any atom is -0.484 e. The maximum atomic E-state index is 11.3. The molecule has 1 N–H and O–H groups in total. The lowest BCUT2D eigenvalue weighted by molar-refractivity contribution is -0.123. The van der Waals surface area contributed by atoms with Crippen molar-refractivity contribution in [3.8, 4) is 5.75 Å². The first-order valence-electron chi connectivity index (χ1n) is 5.19. The maximum absolute atomic E-state index is 11.3. The van der Waals surface area contributed by atoms with E-state index in [0.29, 0.717) is 6.54 Å². The summed E-state index contributed by atoms with van der Waals surface area (Å²) < 4.78 is 5.38. The van der Waals surface area contributed by atoms with E-state index in [9.17, 15) is 4.79 Å². The Morgan fingerprint density at radius 1 is 1.40 bits per heavy atom. The molecule has 0 spiro atoms. The van der Waals surface area contributed by atoms with Crippen LogP contribution < -0.4 is 10.1 Å². The number of carbonyl (C=O) groups excluding carboxylic acids is 1. The fraction of sp³-hybridized carbons (Fsp3) is 0.417. The highest BCUT2D eigenvalue weighted by molar-refractivity contribution is 5.77. The van der Waals surface area contributed by atoms with Crippen LogP contribution in [0.1, 0.15) is 18.9 Å². The van der Waals surface area contributed by atoms with E-state index in [1.165, 1.54) is 0 Å². The lowest BCUT2D eigenvalue weighted by Gasteiger charge is -2.08. The minimum absolute atomic E-state index is 0.0693. The van der Waals surface area contributed by atoms with Gasteiger partial charge in [0.25, 0.3) is 5.91 Å². The van der Waals surface area contributed by atoms with Crippen molar-refractivity contribution in [2.24, 2.45) is 0 Å². The molecule has 1 aromatic carbocycles. The van der Waals surface area contributed by atoms with Gasteiger partial charge in [0.2, 0.25) is 0 Å². The SMILES string of the molecule is CCCNC(=O)COc1ccccc1C. The summed E-state index contributed by atoms with van der Waals surface area (Å²) in [5.74, 6) is 0.698. The van der Waals surface area contributed by atoms with Crippen molar-refractivity contribution in [2.45, 2.75) is 20.3 Å². The Kier molecular flexibility index (Phi) is 4.68. The summed E-state index contributed by atoms with van der Waals surface area (Å²) in [5.41, 5.74) is 1.04. The molecule has 0 unspecified atom stereocenters. The first-order chi connectivity index (χ1) is 7.24. The molecule has 3 nitrogen and oxygen atoms in total. The van der Waals surface area contributed by atoms with Crippen LogP contribution in [0.3, 0.4) is 0 Å². The number of aryl methyl sites for hydroxylation is 1. The molecule has 3 heteroatoms. The van der Waals surface area contributed by atoms with Crippen LogP contribution in [0.15, 0.2) is 24.3 Å². The zero-order valence-electron chi connectivity index (χ0n) is 9.25. The van der Waals surface area contributed by atoms with E-state index >= 15 is 0 Å². The quantitative estimate of drug-likeness (QED) is 0.800. The van der Waals surface area contributed by atoms with Gasteiger partial charge in [-0.15, -0.1) is 0 Å². The van der Waals surface area contributed by atoms with Gasteiger partial charge < -0.3 is 10.1 Å². The predicted molar refractivity (Wildman–Crippen MR) is 60.0 cm³/mol. The second kappa shape index (κ2) is 6.06. The minimum atomic E-state index is -0.0693. The van der Waals surface area contributed by atoms with Gasteiger partial charge in [0.15, 0.2) is 6.61 Å². The Morgan fingerprint density at radius 3 is 2.80 bits per heavy atom. The molecule has 0 saturated carbocycles. The largest absolute Gasteiger partial charge is 0.484 e. The maximum Gasteiger partial charge on any atom is 0.257 e. The van der Waals surface area contributed by atoms with Crippen LogP contribution in [0.2, 0.25) is 0 Å². The van der Waals surface area contributed by atoms with Crippen molar-refractivity contribution in [1.29, 1.82) is 0 Å². The highest BCUT2D eigenvalue weighted by atomic mass is 16.5. The molecule has 15 heavy (non-hydrogen) atoms. The third kappa shape index (κ3) is 4.02. The van der Waals surface area contributed by atoms with Gasteiger partial charge in [-0.1, -0.05) is 25.1 Å². The molecule has 0 aromatic heterocycles. The number of hydrogen-bond donors (Lipinski definition) is 1. The van der Waals surface area contributed by atoms with Gasteiger partial charge in [0.1, 0.15) is 5.75 Å². The average molecular weight is 207 g/mol. The number of hydrogen-bond acceptors (Lipinski definition) is 2. The third-order valence-electron chi connectivity index (χ3n) is 2.02. The molecule has 0 bridgehead atoms. The van der Waals surface area contributed by atoms with Crippen molar-refractivity contribution in [1.82, 2.24) is 5.32 Å². The monoisotopic (exact) mass is 207 g/mol. The normalized spacial score (nSPS) is 9.73. The fourth-order valence-corrected chi connectivity index (χ4v) is 1.18. The van der Waals surface area contributed by atoms with E-state index in [0.717, 1.165) is 17.7 Å². The molecule has 1 rings (SSSR count). The molecule has 82 valence electrons. The second-order valence-electron chi connectivity index (χ2n) is 3.40. The predicted octanol–water partition coefficient (Wildman–Crippen LogP) is 1.90. The van der Waals surface area contributed by atoms with E-state index in [2.05, 4.69) is 5.32 Å². The summed E-state index contributed by atoms with van der Waals surface area (Å²) in [6, 6.07) is 7.66. The Morgan fingerprint density at radius 2 is 2.13 bits per heavy atom. The van der Waals surface area contributed by atoms with Gasteiger partial charge >= 0.3 is 0 Å². The highest BCUT2D eigenvalue weighted by Gasteiger charge is 2.02. The molecule has 1 amide bonds. The van der Waals surface area contributed by atoms with Crippen molar-refractivity contribution in [2.75, 3.05) is 13.2 Å². The Labute approximate surface area is 90.4 Å². The molecular formula is C12H17NO2. The number of nitrogens with one attached hydrogen (secondary N) is 1. The third-order valence-corrected chi connectivity index (χ3v) is 2.02. The highest BCUT2D eigenvalue weighted by Crippen LogP contribution is 2.15. The van der Waals surface area contributed by atoms with Crippen LogP contribution in [-0.2, 0) is 4.79 Å². The molecular weight excluding hydrogens is 190 g/mol. The molecule has 0 radical (unpaired) electrons. The van der Waals surface area contributed by atoms with Crippen LogP contribution in [0, 0.1) is 6.92 Å². The average Bonchev–Trinajstić information content (AvgIpc) is 2.25. The summed E-state index contributed by atoms with van der Waals surface area (Å²) in [6.45, 7) is 4.77. The Bertz CT molecular complexity index is 323. The molecule has 0 heterocycles. The van der Waals surface area contributed by atoms with E-state index in [4.69, 9.17) is 4.74 Å². The Hall–Kier alpha value is -1.51. The first-order valence-corrected chi connectivity index (χ1v) is 5.19. The van der Waals surface area contributed by atoms with Crippen LogP contribution in [-0.4, -0.2) is 19.1 Å². The van der Waals surface area contributed by atoms with E-state index in [1.807, 2.05) is 38.1 Å². The standard InChI is InChI=1S/C12H17NO2/c1-3-8-13-12(14)9-15-11-7-5-4-6-10(11)2/h4-7H,3,8-9H2,1-2H3,(H,13,14). The number of para-hydroxylation sites is 1. The van der Waals surface area contributed by atoms with Crippen LogP contribution in [0.4, 0.5) is 0 Å². The van der Waals surface area contributed by atoms with Gasteiger partial charge in [-0.25, -0.2) is 0 Å². The molecule has 0 aliphatic rings. The fourth-order valence-electron chi connectivity index (χ4n) is 1.18. The van der Waals surface area contributed by atoms with E-state index in [-0.39, 0.29) is 12.5 Å². The summed E-state index contributed by atoms with van der Waals surface area (Å²) in [4.78, 5) is 11.3. The van der Waals surface area contributed by atoms with Crippen LogP contribution in [0.5, 0.6) is 5.75 Å². The van der Waals surface area contributed by atoms with Crippen LogP contribution >= 0.6 is 0 Å². The molecule has 0 atom stereocenters. The topological polar surface area (TPSA) is 38.3 Å². The van der Waals surface area contributed by atoms with Crippen molar-refractivity contribution in [3.63, 3.8) is 0 Å². The summed E-state index contributed by atoms with van der Waals surface area (Å²) in [5, 5.41) is 2.76. The second-order valence-corrected chi connectivity index (χ2v) is 3.40. The number of rotatable bonds is 5. The molecule has 1 aromatic rings. The van der Waals surface area contributed by atoms with Crippen molar-refractivity contribution < 1.29 is 9.53 Å². The zero-order chi connectivity index (χ0) is 11.1. The van der Waals surface area contributed by atoms with E-state index in [1.54, 1.807) is 0 Å². The van der Waals surface area contributed by atoms with Gasteiger partial charge in [-0.05, 0) is 25.0 Å². The smallest absolute Gasteiger partial charge is 0.257 e. The summed E-state index contributed by atoms with van der Waals surface area (Å²) >= 11 is 0. The van der Waals surface area contributed by atoms with Gasteiger partial charge in [-0.2, -0.15) is 0 Å². The molecule has 0 fully saturated rings. The summed E-state index contributed by atoms with van der Waals surface area (Å²) in [6.07, 6.45) is 0.941. The van der Waals surface area contributed by atoms with Crippen molar-refractivity contribution in [3.05, 3.63) is 29.8 Å². The van der Waals surface area contributed by atoms with E-state index < -0.39 is 0 Å². The molecule has 0 aliphatic heterocycles. The first kappa shape index (κ1) is 11.6. The number of benzene rings is 1. The molecule has 0 saturated heterocycles. The zero-order valence-corrected chi connectivity index (χ0v) is 9.25. The lowest BCUT2D eigenvalue weighted by atomic mass is 10.2. The number of carbonyl (C=O) groups is 1. The Balaban J connectivity index is 2.37.